The number of fused-ring (bicyclic) bond motifs is 3. The lowest BCUT2D eigenvalue weighted by molar-refractivity contribution is 0.0958. The van der Waals surface area contributed by atoms with Gasteiger partial charge in [0.2, 0.25) is 0 Å². The van der Waals surface area contributed by atoms with E-state index in [0.717, 1.165) is 60.3 Å². The molecule has 1 aromatic heterocycles. The van der Waals surface area contributed by atoms with Crippen molar-refractivity contribution >= 4 is 33.0 Å². The van der Waals surface area contributed by atoms with Crippen molar-refractivity contribution in [3.8, 4) is 0 Å². The van der Waals surface area contributed by atoms with E-state index in [1.807, 2.05) is 0 Å². The van der Waals surface area contributed by atoms with Gasteiger partial charge < -0.3 is 10.6 Å². The van der Waals surface area contributed by atoms with E-state index in [1.54, 1.807) is 0 Å². The molecule has 0 fully saturated rings. The zero-order valence-electron chi connectivity index (χ0n) is 16.2. The average Bonchev–Trinajstić information content (AvgIpc) is 3.30. The number of rotatable bonds is 3. The fourth-order valence-corrected chi connectivity index (χ4v) is 7.09. The number of benzene rings is 1. The Hall–Kier alpha value is -1.88. The van der Waals surface area contributed by atoms with Crippen molar-refractivity contribution in [2.45, 2.75) is 55.2 Å². The maximum atomic E-state index is 13.3. The van der Waals surface area contributed by atoms with E-state index < -0.39 is 28.4 Å². The van der Waals surface area contributed by atoms with Crippen LogP contribution < -0.4 is 15.8 Å². The highest BCUT2D eigenvalue weighted by atomic mass is 32.2. The molecule has 2 atom stereocenters. The second-order valence-electron chi connectivity index (χ2n) is 7.93. The molecule has 2 amide bonds. The fourth-order valence-electron chi connectivity index (χ4n) is 4.59. The first-order valence-corrected chi connectivity index (χ1v) is 12.4. The predicted octanol–water partition coefficient (Wildman–Crippen LogP) is 3.72. The fraction of sp³-hybridized carbons (Fsp3) is 0.450. The summed E-state index contributed by atoms with van der Waals surface area (Å²) in [7, 11) is -3.53. The van der Waals surface area contributed by atoms with Crippen LogP contribution in [0.15, 0.2) is 20.7 Å². The SMILES string of the molecule is N[S@@](=O)(=NC(=O)Nc1c2c(cc3c1CC3)CCC2)c1cc2c(s1)CCN[C@@H]2C(F)F. The molecule has 1 aliphatic heterocycles. The summed E-state index contributed by atoms with van der Waals surface area (Å²) in [6.45, 7) is 0.412. The van der Waals surface area contributed by atoms with Gasteiger partial charge in [0.1, 0.15) is 4.21 Å². The molecular formula is C20H22F2N4O2S2. The van der Waals surface area contributed by atoms with Crippen molar-refractivity contribution in [1.82, 2.24) is 5.32 Å². The summed E-state index contributed by atoms with van der Waals surface area (Å²) in [5.74, 6) is 0. The number of aryl methyl sites for hydroxylation is 2. The standard InChI is InChI=1S/C20H22F2N4O2S2/c21-19(22)18-14-9-16(29-15(14)6-7-24-18)30(23,28)26-20(27)25-17-12-3-1-2-10(12)8-11-4-5-13(11)17/h8-9,18-19,24H,1-7H2,(H3,23,25,26,27,28)/t18-,30+/m0/s1. The van der Waals surface area contributed by atoms with Gasteiger partial charge in [0.25, 0.3) is 6.43 Å². The van der Waals surface area contributed by atoms with Gasteiger partial charge in [0.15, 0.2) is 9.92 Å². The lowest BCUT2D eigenvalue weighted by Crippen LogP contribution is -2.33. The third-order valence-corrected chi connectivity index (χ3v) is 9.21. The number of amides is 2. The van der Waals surface area contributed by atoms with Gasteiger partial charge in [-0.25, -0.2) is 22.9 Å². The Kier molecular flexibility index (Phi) is 4.92. The summed E-state index contributed by atoms with van der Waals surface area (Å²) >= 11 is 1.10. The highest BCUT2D eigenvalue weighted by molar-refractivity contribution is 7.93. The smallest absolute Gasteiger partial charge is 0.305 e. The molecule has 2 aliphatic carbocycles. The van der Waals surface area contributed by atoms with E-state index in [1.165, 1.54) is 17.2 Å². The second kappa shape index (κ2) is 7.37. The lowest BCUT2D eigenvalue weighted by atomic mass is 9.83. The van der Waals surface area contributed by atoms with Gasteiger partial charge in [0.05, 0.1) is 6.04 Å². The summed E-state index contributed by atoms with van der Waals surface area (Å²) in [5, 5.41) is 11.5. The number of anilines is 1. The zero-order valence-corrected chi connectivity index (χ0v) is 17.8. The number of hydrogen-bond acceptors (Lipinski definition) is 4. The molecule has 30 heavy (non-hydrogen) atoms. The van der Waals surface area contributed by atoms with Crippen LogP contribution in [0.5, 0.6) is 0 Å². The summed E-state index contributed by atoms with van der Waals surface area (Å²) < 4.78 is 43.5. The number of carbonyl (C=O) groups is 1. The van der Waals surface area contributed by atoms with Crippen LogP contribution in [0.1, 0.15) is 45.2 Å². The molecule has 0 saturated carbocycles. The van der Waals surface area contributed by atoms with Crippen molar-refractivity contribution < 1.29 is 17.8 Å². The Morgan fingerprint density at radius 1 is 1.20 bits per heavy atom. The van der Waals surface area contributed by atoms with Crippen LogP contribution in [0.3, 0.4) is 0 Å². The molecule has 0 unspecified atom stereocenters. The Morgan fingerprint density at radius 3 is 2.70 bits per heavy atom. The van der Waals surface area contributed by atoms with E-state index in [2.05, 4.69) is 21.1 Å². The number of alkyl halides is 2. The Morgan fingerprint density at radius 2 is 1.97 bits per heavy atom. The molecule has 1 aromatic carbocycles. The van der Waals surface area contributed by atoms with Crippen molar-refractivity contribution in [2.75, 3.05) is 11.9 Å². The topological polar surface area (TPSA) is 96.6 Å². The molecule has 0 saturated heterocycles. The number of halogens is 2. The first-order valence-electron chi connectivity index (χ1n) is 10.00. The second-order valence-corrected chi connectivity index (χ2v) is 11.1. The van der Waals surface area contributed by atoms with Gasteiger partial charge in [-0.1, -0.05) is 6.07 Å². The van der Waals surface area contributed by atoms with Crippen LogP contribution in [0.4, 0.5) is 19.3 Å². The van der Waals surface area contributed by atoms with Crippen LogP contribution in [0.2, 0.25) is 0 Å². The predicted molar refractivity (Wildman–Crippen MR) is 113 cm³/mol. The molecule has 6 nitrogen and oxygen atoms in total. The summed E-state index contributed by atoms with van der Waals surface area (Å²) in [5.41, 5.74) is 5.96. The molecule has 4 N–H and O–H groups in total. The van der Waals surface area contributed by atoms with E-state index in [4.69, 9.17) is 5.14 Å². The molecular weight excluding hydrogens is 430 g/mol. The largest absolute Gasteiger partial charge is 0.354 e. The van der Waals surface area contributed by atoms with E-state index in [-0.39, 0.29) is 4.21 Å². The molecule has 2 heterocycles. The molecule has 0 spiro atoms. The third kappa shape index (κ3) is 3.35. The van der Waals surface area contributed by atoms with Crippen molar-refractivity contribution in [1.29, 1.82) is 0 Å². The molecule has 0 radical (unpaired) electrons. The van der Waals surface area contributed by atoms with Crippen LogP contribution in [-0.4, -0.2) is 23.2 Å². The van der Waals surface area contributed by atoms with Gasteiger partial charge in [-0.3, -0.25) is 0 Å². The number of thiophene rings is 1. The van der Waals surface area contributed by atoms with E-state index in [9.17, 15) is 17.8 Å². The van der Waals surface area contributed by atoms with Crippen molar-refractivity contribution in [3.63, 3.8) is 0 Å². The highest BCUT2D eigenvalue weighted by Crippen LogP contribution is 2.40. The van der Waals surface area contributed by atoms with Crippen LogP contribution in [0.25, 0.3) is 0 Å². The number of carbonyl (C=O) groups excluding carboxylic acids is 1. The third-order valence-electron chi connectivity index (χ3n) is 6.11. The van der Waals surface area contributed by atoms with Crippen molar-refractivity contribution in [3.05, 3.63) is 44.8 Å². The van der Waals surface area contributed by atoms with Crippen LogP contribution in [0, 0.1) is 0 Å². The minimum Gasteiger partial charge on any atom is -0.305 e. The highest BCUT2D eigenvalue weighted by Gasteiger charge is 2.31. The van der Waals surface area contributed by atoms with Crippen molar-refractivity contribution in [2.24, 2.45) is 9.50 Å². The number of nitrogens with zero attached hydrogens (tertiary/aromatic N) is 1. The zero-order chi connectivity index (χ0) is 21.0. The van der Waals surface area contributed by atoms with Gasteiger partial charge in [-0.2, -0.15) is 0 Å². The molecule has 5 rings (SSSR count). The normalized spacial score (nSPS) is 21.3. The lowest BCUT2D eigenvalue weighted by Gasteiger charge is -2.25. The van der Waals surface area contributed by atoms with Crippen LogP contribution in [-0.2, 0) is 42.0 Å². The first kappa shape index (κ1) is 20.0. The number of nitrogens with two attached hydrogens (primary N) is 1. The minimum absolute atomic E-state index is 0.156. The maximum Gasteiger partial charge on any atom is 0.354 e. The molecule has 2 aromatic rings. The van der Waals surface area contributed by atoms with E-state index in [0.29, 0.717) is 23.4 Å². The Balaban J connectivity index is 1.45. The molecule has 160 valence electrons. The molecule has 10 heteroatoms. The molecule has 3 aliphatic rings. The quantitative estimate of drug-likeness (QED) is 0.662. The van der Waals surface area contributed by atoms with E-state index >= 15 is 0 Å². The van der Waals surface area contributed by atoms with Gasteiger partial charge in [0, 0.05) is 17.1 Å². The average molecular weight is 453 g/mol. The maximum absolute atomic E-state index is 13.3. The Bertz CT molecular complexity index is 1170. The monoisotopic (exact) mass is 452 g/mol. The minimum atomic E-state index is -3.53. The first-order chi connectivity index (χ1) is 14.3. The van der Waals surface area contributed by atoms with Gasteiger partial charge >= 0.3 is 6.03 Å². The summed E-state index contributed by atoms with van der Waals surface area (Å²) in [6.07, 6.45) is 2.80. The molecule has 0 bridgehead atoms. The summed E-state index contributed by atoms with van der Waals surface area (Å²) in [4.78, 5) is 13.4. The Labute approximate surface area is 177 Å². The number of hydrogen-bond donors (Lipinski definition) is 3. The number of urea groups is 1. The summed E-state index contributed by atoms with van der Waals surface area (Å²) in [6, 6.07) is 1.76. The van der Waals surface area contributed by atoms with Crippen LogP contribution >= 0.6 is 11.3 Å². The van der Waals surface area contributed by atoms with Gasteiger partial charge in [-0.15, -0.1) is 15.7 Å². The number of nitrogens with one attached hydrogen (secondary N) is 2. The van der Waals surface area contributed by atoms with Gasteiger partial charge in [-0.05, 0) is 72.4 Å².